The number of amides is 1. The van der Waals surface area contributed by atoms with Crippen LogP contribution in [0.15, 0.2) is 63.0 Å². The lowest BCUT2D eigenvalue weighted by molar-refractivity contribution is 0.0946. The average Bonchev–Trinajstić information content (AvgIpc) is 3.33. The number of nitrogens with one attached hydrogen (secondary N) is 1. The van der Waals surface area contributed by atoms with E-state index in [9.17, 15) is 4.79 Å². The van der Waals surface area contributed by atoms with E-state index < -0.39 is 0 Å². The number of pyridine rings is 1. The van der Waals surface area contributed by atoms with Crippen LogP contribution in [0.2, 0.25) is 0 Å². The molecule has 27 heavy (non-hydrogen) atoms. The van der Waals surface area contributed by atoms with E-state index in [0.717, 1.165) is 22.2 Å². The molecule has 0 spiro atoms. The van der Waals surface area contributed by atoms with Gasteiger partial charge in [0.15, 0.2) is 11.3 Å². The van der Waals surface area contributed by atoms with Crippen LogP contribution in [0.3, 0.4) is 0 Å². The second-order valence-electron chi connectivity index (χ2n) is 5.86. The maximum atomic E-state index is 12.2. The SMILES string of the molecule is Cc1cccc2oc(SCc3nc(C(=O)NCc4cccnc4)co3)nc12. The number of hydrogen-bond acceptors (Lipinski definition) is 7. The molecule has 0 aliphatic carbocycles. The fraction of sp³-hybridized carbons (Fsp3) is 0.158. The number of benzene rings is 1. The molecule has 0 aliphatic rings. The Morgan fingerprint density at radius 1 is 1.22 bits per heavy atom. The Kier molecular flexibility index (Phi) is 4.88. The van der Waals surface area contributed by atoms with Crippen LogP contribution in [0.1, 0.15) is 27.5 Å². The Bertz CT molecular complexity index is 1070. The first kappa shape index (κ1) is 17.3. The zero-order valence-corrected chi connectivity index (χ0v) is 15.3. The van der Waals surface area contributed by atoms with Gasteiger partial charge in [-0.2, -0.15) is 0 Å². The van der Waals surface area contributed by atoms with Crippen LogP contribution < -0.4 is 5.32 Å². The summed E-state index contributed by atoms with van der Waals surface area (Å²) in [6, 6.07) is 9.52. The molecule has 136 valence electrons. The molecule has 4 aromatic rings. The van der Waals surface area contributed by atoms with Crippen LogP contribution in [0.5, 0.6) is 0 Å². The van der Waals surface area contributed by atoms with E-state index in [1.165, 1.54) is 18.0 Å². The van der Waals surface area contributed by atoms with Gasteiger partial charge in [-0.15, -0.1) is 0 Å². The van der Waals surface area contributed by atoms with Crippen LogP contribution >= 0.6 is 11.8 Å². The van der Waals surface area contributed by atoms with Crippen molar-refractivity contribution in [1.29, 1.82) is 0 Å². The van der Waals surface area contributed by atoms with Crippen LogP contribution in [-0.4, -0.2) is 20.9 Å². The highest BCUT2D eigenvalue weighted by Crippen LogP contribution is 2.27. The standard InChI is InChI=1S/C19H16N4O3S/c1-12-4-2-6-15-17(12)23-19(26-15)27-11-16-22-14(10-25-16)18(24)21-9-13-5-3-7-20-8-13/h2-8,10H,9,11H2,1H3,(H,21,24). The van der Waals surface area contributed by atoms with Crippen LogP contribution in [0.25, 0.3) is 11.1 Å². The van der Waals surface area contributed by atoms with E-state index >= 15 is 0 Å². The van der Waals surface area contributed by atoms with Crippen LogP contribution in [0.4, 0.5) is 0 Å². The number of para-hydroxylation sites is 1. The lowest BCUT2D eigenvalue weighted by Crippen LogP contribution is -2.23. The molecular formula is C19H16N4O3S. The minimum Gasteiger partial charge on any atom is -0.447 e. The first-order valence-corrected chi connectivity index (χ1v) is 9.28. The number of fused-ring (bicyclic) bond motifs is 1. The highest BCUT2D eigenvalue weighted by atomic mass is 32.2. The molecule has 0 bridgehead atoms. The molecule has 0 saturated heterocycles. The summed E-state index contributed by atoms with van der Waals surface area (Å²) in [5.41, 5.74) is 3.81. The third-order valence-electron chi connectivity index (χ3n) is 3.88. The largest absolute Gasteiger partial charge is 0.447 e. The van der Waals surface area contributed by atoms with Crippen molar-refractivity contribution in [1.82, 2.24) is 20.3 Å². The van der Waals surface area contributed by atoms with E-state index in [1.807, 2.05) is 37.3 Å². The summed E-state index contributed by atoms with van der Waals surface area (Å²) >= 11 is 1.37. The minimum atomic E-state index is -0.295. The van der Waals surface area contributed by atoms with E-state index in [-0.39, 0.29) is 11.6 Å². The number of aromatic nitrogens is 3. The minimum absolute atomic E-state index is 0.239. The van der Waals surface area contributed by atoms with Crippen molar-refractivity contribution in [2.24, 2.45) is 0 Å². The lowest BCUT2D eigenvalue weighted by Gasteiger charge is -2.01. The quantitative estimate of drug-likeness (QED) is 0.509. The topological polar surface area (TPSA) is 94.1 Å². The summed E-state index contributed by atoms with van der Waals surface area (Å²) < 4.78 is 11.1. The number of nitrogens with zero attached hydrogens (tertiary/aromatic N) is 3. The number of oxazole rings is 2. The van der Waals surface area contributed by atoms with Crippen LogP contribution in [0, 0.1) is 6.92 Å². The van der Waals surface area contributed by atoms with Crippen molar-refractivity contribution in [2.45, 2.75) is 24.4 Å². The Hall–Kier alpha value is -3.13. The van der Waals surface area contributed by atoms with Gasteiger partial charge in [0.25, 0.3) is 11.1 Å². The zero-order valence-electron chi connectivity index (χ0n) is 14.5. The van der Waals surface area contributed by atoms with E-state index in [4.69, 9.17) is 8.83 Å². The number of carbonyl (C=O) groups is 1. The monoisotopic (exact) mass is 380 g/mol. The number of hydrogen-bond donors (Lipinski definition) is 1. The summed E-state index contributed by atoms with van der Waals surface area (Å²) in [5, 5.41) is 3.33. The summed E-state index contributed by atoms with van der Waals surface area (Å²) in [6.45, 7) is 2.37. The smallest absolute Gasteiger partial charge is 0.273 e. The molecule has 0 unspecified atom stereocenters. The Labute approximate surface area is 159 Å². The fourth-order valence-corrected chi connectivity index (χ4v) is 3.19. The number of thioether (sulfide) groups is 1. The molecule has 7 nitrogen and oxygen atoms in total. The molecule has 0 saturated carbocycles. The normalized spacial score (nSPS) is 11.0. The molecule has 1 N–H and O–H groups in total. The van der Waals surface area contributed by atoms with Crippen molar-refractivity contribution in [3.05, 3.63) is 71.7 Å². The zero-order chi connectivity index (χ0) is 18.6. The van der Waals surface area contributed by atoms with E-state index in [2.05, 4.69) is 20.3 Å². The molecule has 0 fully saturated rings. The number of carbonyl (C=O) groups excluding carboxylic acids is 1. The molecule has 1 amide bonds. The van der Waals surface area contributed by atoms with Crippen molar-refractivity contribution in [2.75, 3.05) is 0 Å². The maximum Gasteiger partial charge on any atom is 0.273 e. The molecule has 8 heteroatoms. The van der Waals surface area contributed by atoms with Gasteiger partial charge in [-0.1, -0.05) is 30.0 Å². The summed E-state index contributed by atoms with van der Waals surface area (Å²) in [7, 11) is 0. The highest BCUT2D eigenvalue weighted by Gasteiger charge is 2.14. The Morgan fingerprint density at radius 3 is 2.96 bits per heavy atom. The maximum absolute atomic E-state index is 12.2. The molecular weight excluding hydrogens is 364 g/mol. The Balaban J connectivity index is 1.36. The summed E-state index contributed by atoms with van der Waals surface area (Å²) in [5.74, 6) is 0.559. The van der Waals surface area contributed by atoms with E-state index in [0.29, 0.717) is 23.4 Å². The molecule has 0 aliphatic heterocycles. The van der Waals surface area contributed by atoms with Gasteiger partial charge in [-0.3, -0.25) is 9.78 Å². The van der Waals surface area contributed by atoms with Crippen molar-refractivity contribution in [3.8, 4) is 0 Å². The van der Waals surface area contributed by atoms with Gasteiger partial charge >= 0.3 is 0 Å². The third kappa shape index (κ3) is 4.01. The van der Waals surface area contributed by atoms with Gasteiger partial charge in [0.2, 0.25) is 5.89 Å². The first-order chi connectivity index (χ1) is 13.2. The van der Waals surface area contributed by atoms with E-state index in [1.54, 1.807) is 12.4 Å². The summed E-state index contributed by atoms with van der Waals surface area (Å²) in [6.07, 6.45) is 4.74. The average molecular weight is 380 g/mol. The van der Waals surface area contributed by atoms with Gasteiger partial charge < -0.3 is 14.2 Å². The molecule has 0 atom stereocenters. The third-order valence-corrected chi connectivity index (χ3v) is 4.69. The predicted molar refractivity (Wildman–Crippen MR) is 100 cm³/mol. The molecule has 3 heterocycles. The van der Waals surface area contributed by atoms with Crippen LogP contribution in [-0.2, 0) is 12.3 Å². The molecule has 0 radical (unpaired) electrons. The van der Waals surface area contributed by atoms with Gasteiger partial charge in [0.05, 0.1) is 5.75 Å². The second-order valence-corrected chi connectivity index (χ2v) is 6.79. The van der Waals surface area contributed by atoms with Gasteiger partial charge in [-0.05, 0) is 30.2 Å². The second kappa shape index (κ2) is 7.63. The fourth-order valence-electron chi connectivity index (χ4n) is 2.51. The number of rotatable bonds is 6. The Morgan fingerprint density at radius 2 is 2.15 bits per heavy atom. The lowest BCUT2D eigenvalue weighted by atomic mass is 10.2. The predicted octanol–water partition coefficient (Wildman–Crippen LogP) is 3.74. The van der Waals surface area contributed by atoms with Crippen molar-refractivity contribution < 1.29 is 13.6 Å². The van der Waals surface area contributed by atoms with Gasteiger partial charge in [0, 0.05) is 18.9 Å². The van der Waals surface area contributed by atoms with Crippen molar-refractivity contribution >= 4 is 28.8 Å². The van der Waals surface area contributed by atoms with Gasteiger partial charge in [-0.25, -0.2) is 9.97 Å². The molecule has 3 aromatic heterocycles. The highest BCUT2D eigenvalue weighted by molar-refractivity contribution is 7.98. The molecule has 1 aromatic carbocycles. The molecule has 4 rings (SSSR count). The van der Waals surface area contributed by atoms with Crippen molar-refractivity contribution in [3.63, 3.8) is 0 Å². The van der Waals surface area contributed by atoms with Gasteiger partial charge in [0.1, 0.15) is 11.8 Å². The first-order valence-electron chi connectivity index (χ1n) is 8.29. The summed E-state index contributed by atoms with van der Waals surface area (Å²) in [4.78, 5) is 24.9. The number of aryl methyl sites for hydroxylation is 1.